The summed E-state index contributed by atoms with van der Waals surface area (Å²) >= 11 is 0. The molecular weight excluding hydrogens is 472 g/mol. The van der Waals surface area contributed by atoms with Crippen LogP contribution in [0.2, 0.25) is 0 Å². The van der Waals surface area contributed by atoms with Gasteiger partial charge in [-0.1, -0.05) is 96.8 Å². The molecule has 0 heterocycles. The van der Waals surface area contributed by atoms with E-state index in [2.05, 4.69) is 6.92 Å². The molecular formula is C30H58O7. The summed E-state index contributed by atoms with van der Waals surface area (Å²) in [7, 11) is 0. The second-order valence-electron chi connectivity index (χ2n) is 10.8. The summed E-state index contributed by atoms with van der Waals surface area (Å²) in [6.07, 6.45) is 20.2. The second kappa shape index (κ2) is 26.4. The first-order valence-corrected chi connectivity index (χ1v) is 15.0. The van der Waals surface area contributed by atoms with Gasteiger partial charge in [-0.25, -0.2) is 4.79 Å². The standard InChI is InChI=1S/C30H58O7/c1-5-6-7-8-9-10-11-12-13-14-15-16-17-18-19-20-28(31)36-26-25-34-22-21-33-23-24-35-27-29(32)37-30(2,3)4/h5-27H2,1-4H3. The van der Waals surface area contributed by atoms with Crippen LogP contribution >= 0.6 is 0 Å². The number of hydrogen-bond acceptors (Lipinski definition) is 7. The molecule has 0 amide bonds. The van der Waals surface area contributed by atoms with Crippen molar-refractivity contribution in [2.24, 2.45) is 0 Å². The lowest BCUT2D eigenvalue weighted by Gasteiger charge is -2.19. The van der Waals surface area contributed by atoms with Gasteiger partial charge in [0.25, 0.3) is 0 Å². The van der Waals surface area contributed by atoms with Gasteiger partial charge >= 0.3 is 11.9 Å². The normalized spacial score (nSPS) is 11.6. The first-order chi connectivity index (χ1) is 17.8. The summed E-state index contributed by atoms with van der Waals surface area (Å²) in [4.78, 5) is 23.3. The van der Waals surface area contributed by atoms with Crippen molar-refractivity contribution in [3.05, 3.63) is 0 Å². The van der Waals surface area contributed by atoms with Gasteiger partial charge in [-0.2, -0.15) is 0 Å². The Morgan fingerprint density at radius 2 is 0.919 bits per heavy atom. The average Bonchev–Trinajstić information content (AvgIpc) is 2.83. The molecule has 0 rings (SSSR count). The van der Waals surface area contributed by atoms with Crippen LogP contribution in [0.25, 0.3) is 0 Å². The molecule has 0 spiro atoms. The summed E-state index contributed by atoms with van der Waals surface area (Å²) in [6.45, 7) is 9.80. The number of carbonyl (C=O) groups is 2. The maximum atomic E-state index is 11.8. The van der Waals surface area contributed by atoms with Crippen molar-refractivity contribution in [3.8, 4) is 0 Å². The molecule has 220 valence electrons. The van der Waals surface area contributed by atoms with Crippen LogP contribution in [-0.2, 0) is 33.3 Å². The summed E-state index contributed by atoms with van der Waals surface area (Å²) in [5.74, 6) is -0.526. The molecule has 0 unspecified atom stereocenters. The van der Waals surface area contributed by atoms with E-state index in [0.717, 1.165) is 12.8 Å². The van der Waals surface area contributed by atoms with E-state index in [1.807, 2.05) is 20.8 Å². The molecule has 0 N–H and O–H groups in total. The van der Waals surface area contributed by atoms with Crippen LogP contribution in [0, 0.1) is 0 Å². The molecule has 0 aromatic carbocycles. The van der Waals surface area contributed by atoms with E-state index >= 15 is 0 Å². The Labute approximate surface area is 227 Å². The predicted octanol–water partition coefficient (Wildman–Crippen LogP) is 7.18. The fraction of sp³-hybridized carbons (Fsp3) is 0.933. The van der Waals surface area contributed by atoms with E-state index in [4.69, 9.17) is 23.7 Å². The molecule has 0 aromatic heterocycles. The Hall–Kier alpha value is -1.18. The molecule has 0 saturated heterocycles. The van der Waals surface area contributed by atoms with Crippen LogP contribution in [-0.4, -0.2) is 63.8 Å². The molecule has 7 heteroatoms. The number of unbranched alkanes of at least 4 members (excludes halogenated alkanes) is 14. The third kappa shape index (κ3) is 30.9. The van der Waals surface area contributed by atoms with E-state index in [-0.39, 0.29) is 25.2 Å². The minimum Gasteiger partial charge on any atom is -0.463 e. The molecule has 0 aromatic rings. The molecule has 0 bridgehead atoms. The maximum absolute atomic E-state index is 11.8. The van der Waals surface area contributed by atoms with Crippen molar-refractivity contribution >= 4 is 11.9 Å². The summed E-state index contributed by atoms with van der Waals surface area (Å²) in [5, 5.41) is 0. The fourth-order valence-electron chi connectivity index (χ4n) is 3.89. The molecule has 0 fully saturated rings. The number of rotatable bonds is 27. The zero-order valence-electron chi connectivity index (χ0n) is 24.6. The topological polar surface area (TPSA) is 80.3 Å². The molecule has 0 aliphatic carbocycles. The zero-order chi connectivity index (χ0) is 27.5. The lowest BCUT2D eigenvalue weighted by atomic mass is 10.0. The van der Waals surface area contributed by atoms with E-state index in [1.54, 1.807) is 0 Å². The van der Waals surface area contributed by atoms with Crippen LogP contribution in [0.4, 0.5) is 0 Å². The van der Waals surface area contributed by atoms with Gasteiger partial charge in [0, 0.05) is 6.42 Å². The smallest absolute Gasteiger partial charge is 0.332 e. The number of carbonyl (C=O) groups excluding carboxylic acids is 2. The van der Waals surface area contributed by atoms with Gasteiger partial charge in [0.05, 0.1) is 33.0 Å². The van der Waals surface area contributed by atoms with Crippen molar-refractivity contribution in [1.29, 1.82) is 0 Å². The monoisotopic (exact) mass is 530 g/mol. The van der Waals surface area contributed by atoms with Gasteiger partial charge in [-0.3, -0.25) is 4.79 Å². The second-order valence-corrected chi connectivity index (χ2v) is 10.8. The van der Waals surface area contributed by atoms with Crippen LogP contribution < -0.4 is 0 Å². The van der Waals surface area contributed by atoms with Crippen molar-refractivity contribution in [2.45, 2.75) is 136 Å². The van der Waals surface area contributed by atoms with Gasteiger partial charge in [-0.05, 0) is 27.2 Å². The SMILES string of the molecule is CCCCCCCCCCCCCCCCCC(=O)OCCOCCOCCOCC(=O)OC(C)(C)C. The summed E-state index contributed by atoms with van der Waals surface area (Å²) < 4.78 is 26.3. The van der Waals surface area contributed by atoms with Crippen molar-refractivity contribution in [1.82, 2.24) is 0 Å². The third-order valence-electron chi connectivity index (χ3n) is 5.86. The highest BCUT2D eigenvalue weighted by molar-refractivity contribution is 5.71. The highest BCUT2D eigenvalue weighted by atomic mass is 16.6. The Morgan fingerprint density at radius 1 is 0.514 bits per heavy atom. The van der Waals surface area contributed by atoms with Crippen LogP contribution in [0.1, 0.15) is 130 Å². The van der Waals surface area contributed by atoms with Crippen LogP contribution in [0.3, 0.4) is 0 Å². The Balaban J connectivity index is 3.23. The van der Waals surface area contributed by atoms with E-state index < -0.39 is 5.60 Å². The minimum atomic E-state index is -0.506. The van der Waals surface area contributed by atoms with E-state index in [0.29, 0.717) is 39.5 Å². The molecule has 0 atom stereocenters. The van der Waals surface area contributed by atoms with Gasteiger partial charge in [0.2, 0.25) is 0 Å². The lowest BCUT2D eigenvalue weighted by Crippen LogP contribution is -2.27. The fourth-order valence-corrected chi connectivity index (χ4v) is 3.89. The first-order valence-electron chi connectivity index (χ1n) is 15.0. The van der Waals surface area contributed by atoms with Gasteiger partial charge < -0.3 is 23.7 Å². The maximum Gasteiger partial charge on any atom is 0.332 e. The molecule has 0 aliphatic heterocycles. The quantitative estimate of drug-likeness (QED) is 0.0821. The predicted molar refractivity (Wildman–Crippen MR) is 149 cm³/mol. The first kappa shape index (κ1) is 35.8. The van der Waals surface area contributed by atoms with Gasteiger partial charge in [-0.15, -0.1) is 0 Å². The Kier molecular flexibility index (Phi) is 25.6. The minimum absolute atomic E-state index is 0.0815. The zero-order valence-corrected chi connectivity index (χ0v) is 24.6. The molecule has 0 radical (unpaired) electrons. The Morgan fingerprint density at radius 3 is 1.38 bits per heavy atom. The average molecular weight is 531 g/mol. The largest absolute Gasteiger partial charge is 0.463 e. The number of esters is 2. The third-order valence-corrected chi connectivity index (χ3v) is 5.86. The van der Waals surface area contributed by atoms with Gasteiger partial charge in [0.15, 0.2) is 0 Å². The number of hydrogen-bond donors (Lipinski definition) is 0. The van der Waals surface area contributed by atoms with Crippen LogP contribution in [0.15, 0.2) is 0 Å². The summed E-state index contributed by atoms with van der Waals surface area (Å²) in [6, 6.07) is 0. The van der Waals surface area contributed by atoms with E-state index in [1.165, 1.54) is 83.5 Å². The van der Waals surface area contributed by atoms with Gasteiger partial charge in [0.1, 0.15) is 18.8 Å². The van der Waals surface area contributed by atoms with E-state index in [9.17, 15) is 9.59 Å². The molecule has 7 nitrogen and oxygen atoms in total. The molecule has 0 saturated carbocycles. The summed E-state index contributed by atoms with van der Waals surface area (Å²) in [5.41, 5.74) is -0.506. The molecule has 0 aliphatic rings. The van der Waals surface area contributed by atoms with Crippen molar-refractivity contribution in [2.75, 3.05) is 46.2 Å². The number of ether oxygens (including phenoxy) is 5. The lowest BCUT2D eigenvalue weighted by molar-refractivity contribution is -0.160. The van der Waals surface area contributed by atoms with Crippen molar-refractivity contribution < 1.29 is 33.3 Å². The van der Waals surface area contributed by atoms with Crippen LogP contribution in [0.5, 0.6) is 0 Å². The highest BCUT2D eigenvalue weighted by Gasteiger charge is 2.15. The molecule has 37 heavy (non-hydrogen) atoms. The Bertz CT molecular complexity index is 517. The highest BCUT2D eigenvalue weighted by Crippen LogP contribution is 2.14. The van der Waals surface area contributed by atoms with Crippen molar-refractivity contribution in [3.63, 3.8) is 0 Å².